The SMILES string of the molecule is C#N.O.O.[Ca+2].[H-].[H-]. The Morgan fingerprint density at radius 1 is 1.20 bits per heavy atom. The van der Waals surface area contributed by atoms with Crippen molar-refractivity contribution in [2.24, 2.45) is 0 Å². The van der Waals surface area contributed by atoms with Gasteiger partial charge < -0.3 is 13.8 Å². The van der Waals surface area contributed by atoms with E-state index < -0.39 is 0 Å². The third kappa shape index (κ3) is 74.2. The molecule has 0 spiro atoms. The number of rotatable bonds is 0. The molecule has 0 amide bonds. The molecule has 0 aromatic carbocycles. The summed E-state index contributed by atoms with van der Waals surface area (Å²) in [6.45, 7) is 3.50. The second-order valence-corrected chi connectivity index (χ2v) is 0. The molecule has 0 aliphatic carbocycles. The zero-order valence-electron chi connectivity index (χ0n) is 4.73. The third-order valence-electron chi connectivity index (χ3n) is 0. The molecule has 30 valence electrons. The summed E-state index contributed by atoms with van der Waals surface area (Å²) in [5.74, 6) is 0. The fourth-order valence-electron chi connectivity index (χ4n) is 0. The van der Waals surface area contributed by atoms with E-state index in [0.717, 1.165) is 0 Å². The van der Waals surface area contributed by atoms with Gasteiger partial charge in [0, 0.05) is 6.57 Å². The number of hydrogen-bond donors (Lipinski definition) is 0. The van der Waals surface area contributed by atoms with Crippen molar-refractivity contribution in [2.75, 3.05) is 0 Å². The Hall–Kier alpha value is 0.670. The quantitative estimate of drug-likeness (QED) is 0.339. The minimum atomic E-state index is 0. The minimum Gasteiger partial charge on any atom is -1.00 e. The van der Waals surface area contributed by atoms with Crippen LogP contribution in [-0.4, -0.2) is 48.7 Å². The summed E-state index contributed by atoms with van der Waals surface area (Å²) >= 11 is 0. The Kier molecular flexibility index (Phi) is 1240. The van der Waals surface area contributed by atoms with Crippen LogP contribution in [-0.2, 0) is 0 Å². The largest absolute Gasteiger partial charge is 2.00 e. The maximum Gasteiger partial charge on any atom is 2.00 e. The normalized spacial score (nSPS) is 0.400. The molecule has 0 saturated heterocycles. The molecule has 0 aliphatic heterocycles. The summed E-state index contributed by atoms with van der Waals surface area (Å²) in [5.41, 5.74) is 0. The molecular formula is CH7CaNO2. The van der Waals surface area contributed by atoms with Crippen LogP contribution in [0, 0.1) is 11.8 Å². The predicted octanol–water partition coefficient (Wildman–Crippen LogP) is -1.67. The van der Waals surface area contributed by atoms with E-state index in [1.807, 2.05) is 0 Å². The van der Waals surface area contributed by atoms with Gasteiger partial charge >= 0.3 is 37.7 Å². The van der Waals surface area contributed by atoms with Crippen molar-refractivity contribution in [3.05, 3.63) is 0 Å². The van der Waals surface area contributed by atoms with E-state index in [2.05, 4.69) is 6.57 Å². The first-order valence-electron chi connectivity index (χ1n) is 0.258. The number of hydrogen-bond acceptors (Lipinski definition) is 1. The molecule has 0 fully saturated rings. The molecule has 0 rings (SSSR count). The zero-order valence-corrected chi connectivity index (χ0v) is 4.94. The van der Waals surface area contributed by atoms with E-state index in [1.165, 1.54) is 0 Å². The second kappa shape index (κ2) is 140. The van der Waals surface area contributed by atoms with Crippen LogP contribution >= 0.6 is 0 Å². The number of nitrogens with zero attached hydrogens (tertiary/aromatic N) is 1. The van der Waals surface area contributed by atoms with Gasteiger partial charge in [-0.3, -0.25) is 0 Å². The van der Waals surface area contributed by atoms with Crippen molar-refractivity contribution >= 4 is 37.7 Å². The average Bonchev–Trinajstić information content (AvgIpc) is 1.00. The Bertz CT molecular complexity index is 20.4. The van der Waals surface area contributed by atoms with Crippen molar-refractivity contribution in [1.82, 2.24) is 0 Å². The van der Waals surface area contributed by atoms with Gasteiger partial charge in [-0.25, -0.2) is 5.26 Å². The summed E-state index contributed by atoms with van der Waals surface area (Å²) in [6.07, 6.45) is 0. The van der Waals surface area contributed by atoms with Crippen LogP contribution in [0.25, 0.3) is 0 Å². The summed E-state index contributed by atoms with van der Waals surface area (Å²) in [5, 5.41) is 6.50. The molecule has 0 aliphatic rings. The smallest absolute Gasteiger partial charge is 1.00 e. The van der Waals surface area contributed by atoms with Gasteiger partial charge in [0.15, 0.2) is 0 Å². The van der Waals surface area contributed by atoms with Crippen molar-refractivity contribution in [2.45, 2.75) is 0 Å². The predicted molar refractivity (Wildman–Crippen MR) is 21.9 cm³/mol. The van der Waals surface area contributed by atoms with Crippen LogP contribution in [0.2, 0.25) is 0 Å². The summed E-state index contributed by atoms with van der Waals surface area (Å²) in [7, 11) is 0. The molecule has 0 unspecified atom stereocenters. The molecule has 4 N–H and O–H groups in total. The molecular weight excluding hydrogens is 98.1 g/mol. The molecule has 0 atom stereocenters. The maximum atomic E-state index is 6.50. The van der Waals surface area contributed by atoms with E-state index in [4.69, 9.17) is 5.26 Å². The van der Waals surface area contributed by atoms with Gasteiger partial charge in [0.1, 0.15) is 0 Å². The van der Waals surface area contributed by atoms with E-state index in [0.29, 0.717) is 0 Å². The minimum absolute atomic E-state index is 0. The van der Waals surface area contributed by atoms with Gasteiger partial charge in [0.2, 0.25) is 0 Å². The molecule has 0 aromatic heterocycles. The van der Waals surface area contributed by atoms with Crippen LogP contribution in [0.1, 0.15) is 2.85 Å². The Morgan fingerprint density at radius 2 is 1.20 bits per heavy atom. The number of nitriles is 1. The van der Waals surface area contributed by atoms with E-state index in [1.54, 1.807) is 0 Å². The fourth-order valence-corrected chi connectivity index (χ4v) is 0. The van der Waals surface area contributed by atoms with Crippen LogP contribution < -0.4 is 0 Å². The third-order valence-corrected chi connectivity index (χ3v) is 0. The second-order valence-electron chi connectivity index (χ2n) is 0. The topological polar surface area (TPSA) is 86.8 Å². The Balaban J connectivity index is -0.000000000500. The molecule has 0 saturated carbocycles. The summed E-state index contributed by atoms with van der Waals surface area (Å²) in [6, 6.07) is 0. The standard InChI is InChI=1S/CHN.Ca.2H2O.2H/c1-2;;;;;/h1H;;2*1H2;;/q;+2;;;2*-1. The molecule has 3 nitrogen and oxygen atoms in total. The Morgan fingerprint density at radius 3 is 1.20 bits per heavy atom. The van der Waals surface area contributed by atoms with Crippen LogP contribution in [0.3, 0.4) is 0 Å². The van der Waals surface area contributed by atoms with Gasteiger partial charge in [-0.05, 0) is 0 Å². The average molecular weight is 105 g/mol. The molecule has 0 bridgehead atoms. The van der Waals surface area contributed by atoms with E-state index in [9.17, 15) is 0 Å². The molecule has 4 heteroatoms. The van der Waals surface area contributed by atoms with Crippen LogP contribution in [0.5, 0.6) is 0 Å². The van der Waals surface area contributed by atoms with Gasteiger partial charge in [-0.1, -0.05) is 0 Å². The first-order chi connectivity index (χ1) is 1.00. The van der Waals surface area contributed by atoms with Crippen molar-refractivity contribution in [3.63, 3.8) is 0 Å². The Labute approximate surface area is 63.2 Å². The van der Waals surface area contributed by atoms with Gasteiger partial charge in [-0.2, -0.15) is 0 Å². The van der Waals surface area contributed by atoms with Crippen molar-refractivity contribution < 1.29 is 13.8 Å². The van der Waals surface area contributed by atoms with Crippen LogP contribution in [0.15, 0.2) is 0 Å². The molecule has 0 radical (unpaired) electrons. The van der Waals surface area contributed by atoms with Gasteiger partial charge in [-0.15, -0.1) is 0 Å². The molecule has 0 heterocycles. The first-order valence-corrected chi connectivity index (χ1v) is 0.258. The van der Waals surface area contributed by atoms with Gasteiger partial charge in [0.25, 0.3) is 0 Å². The maximum absolute atomic E-state index is 6.50. The van der Waals surface area contributed by atoms with E-state index >= 15 is 0 Å². The van der Waals surface area contributed by atoms with E-state index in [-0.39, 0.29) is 51.5 Å². The van der Waals surface area contributed by atoms with Gasteiger partial charge in [0.05, 0.1) is 0 Å². The first kappa shape index (κ1) is 44.3. The fraction of sp³-hybridized carbons (Fsp3) is 0. The summed E-state index contributed by atoms with van der Waals surface area (Å²) in [4.78, 5) is 0. The zero-order chi connectivity index (χ0) is 2.00. The molecule has 5 heavy (non-hydrogen) atoms. The van der Waals surface area contributed by atoms with Crippen molar-refractivity contribution in [1.29, 1.82) is 5.26 Å². The van der Waals surface area contributed by atoms with Crippen molar-refractivity contribution in [3.8, 4) is 6.57 Å². The molecule has 0 aromatic rings. The summed E-state index contributed by atoms with van der Waals surface area (Å²) < 4.78 is 0. The van der Waals surface area contributed by atoms with Crippen LogP contribution in [0.4, 0.5) is 0 Å². The monoisotopic (exact) mass is 105 g/mol.